The molecule has 7 heteroatoms. The van der Waals surface area contributed by atoms with E-state index >= 15 is 0 Å². The highest BCUT2D eigenvalue weighted by atomic mass is 16.3. The molecule has 0 amide bonds. The average molecular weight is 415 g/mol. The molecule has 0 radical (unpaired) electrons. The van der Waals surface area contributed by atoms with Crippen LogP contribution < -0.4 is 5.32 Å². The first kappa shape index (κ1) is 20.7. The molecule has 3 aromatic heterocycles. The molecule has 0 saturated carbocycles. The van der Waals surface area contributed by atoms with Gasteiger partial charge in [0.2, 0.25) is 0 Å². The molecule has 0 saturated heterocycles. The van der Waals surface area contributed by atoms with Crippen LogP contribution in [0.3, 0.4) is 0 Å². The van der Waals surface area contributed by atoms with Crippen LogP contribution in [0.4, 0.5) is 5.82 Å². The Kier molecular flexibility index (Phi) is 5.77. The van der Waals surface area contributed by atoms with Crippen molar-refractivity contribution < 1.29 is 5.11 Å². The Bertz CT molecular complexity index is 1200. The molecule has 1 aromatic carbocycles. The van der Waals surface area contributed by atoms with E-state index < -0.39 is 0 Å². The molecule has 1 atom stereocenters. The molecule has 0 spiro atoms. The summed E-state index contributed by atoms with van der Waals surface area (Å²) in [5, 5.41) is 22.0. The van der Waals surface area contributed by atoms with Crippen LogP contribution in [0.2, 0.25) is 0 Å². The summed E-state index contributed by atoms with van der Waals surface area (Å²) in [6, 6.07) is 14.3. The van der Waals surface area contributed by atoms with E-state index in [1.807, 2.05) is 42.8 Å². The van der Waals surface area contributed by atoms with Gasteiger partial charge in [0.05, 0.1) is 41.7 Å². The fourth-order valence-corrected chi connectivity index (χ4v) is 3.44. The lowest BCUT2D eigenvalue weighted by Gasteiger charge is -2.17. The summed E-state index contributed by atoms with van der Waals surface area (Å²) >= 11 is 0. The average Bonchev–Trinajstić information content (AvgIpc) is 3.21. The molecular weight excluding hydrogens is 388 g/mol. The summed E-state index contributed by atoms with van der Waals surface area (Å²) in [6.07, 6.45) is 3.61. The molecule has 7 nitrogen and oxygen atoms in total. The molecule has 0 aliphatic heterocycles. The molecule has 0 fully saturated rings. The molecule has 0 aliphatic rings. The maximum Gasteiger partial charge on any atom is 0.152 e. The van der Waals surface area contributed by atoms with Crippen LogP contribution >= 0.6 is 0 Å². The van der Waals surface area contributed by atoms with Gasteiger partial charge in [0.15, 0.2) is 5.82 Å². The minimum absolute atomic E-state index is 0.108. The Hall–Kier alpha value is -3.58. The third-order valence-electron chi connectivity index (χ3n) is 5.27. The first-order valence-electron chi connectivity index (χ1n) is 10.2. The molecule has 158 valence electrons. The third kappa shape index (κ3) is 4.46. The predicted octanol–water partition coefficient (Wildman–Crippen LogP) is 4.31. The van der Waals surface area contributed by atoms with E-state index in [1.54, 1.807) is 6.33 Å². The number of aromatic nitrogens is 5. The van der Waals surface area contributed by atoms with E-state index in [0.717, 1.165) is 22.8 Å². The Morgan fingerprint density at radius 2 is 1.77 bits per heavy atom. The number of hydrogen-bond donors (Lipinski definition) is 2. The van der Waals surface area contributed by atoms with Crippen molar-refractivity contribution in [3.63, 3.8) is 0 Å². The van der Waals surface area contributed by atoms with Gasteiger partial charge in [-0.25, -0.2) is 9.97 Å². The van der Waals surface area contributed by atoms with Gasteiger partial charge in [-0.1, -0.05) is 29.8 Å². The minimum atomic E-state index is -0.180. The van der Waals surface area contributed by atoms with Gasteiger partial charge in [0.1, 0.15) is 5.69 Å². The normalized spacial score (nSPS) is 12.0. The second kappa shape index (κ2) is 8.65. The number of nitrogens with one attached hydrogen (secondary N) is 1. The maximum atomic E-state index is 9.84. The maximum absolute atomic E-state index is 9.84. The topological polar surface area (TPSA) is 88.8 Å². The van der Waals surface area contributed by atoms with E-state index in [2.05, 4.69) is 63.6 Å². The molecule has 0 unspecified atom stereocenters. The Morgan fingerprint density at radius 1 is 1.00 bits per heavy atom. The molecule has 2 N–H and O–H groups in total. The van der Waals surface area contributed by atoms with E-state index in [-0.39, 0.29) is 12.6 Å². The van der Waals surface area contributed by atoms with E-state index in [0.29, 0.717) is 17.1 Å². The van der Waals surface area contributed by atoms with E-state index in [1.165, 1.54) is 11.1 Å². The number of imidazole rings is 1. The molecule has 4 rings (SSSR count). The van der Waals surface area contributed by atoms with E-state index in [9.17, 15) is 5.11 Å². The zero-order valence-corrected chi connectivity index (χ0v) is 18.2. The smallest absolute Gasteiger partial charge is 0.152 e. The van der Waals surface area contributed by atoms with Crippen molar-refractivity contribution in [1.82, 2.24) is 24.7 Å². The summed E-state index contributed by atoms with van der Waals surface area (Å²) < 4.78 is 1.86. The van der Waals surface area contributed by atoms with Gasteiger partial charge >= 0.3 is 0 Å². The fourth-order valence-electron chi connectivity index (χ4n) is 3.44. The number of benzene rings is 1. The Labute approximate surface area is 181 Å². The zero-order valence-electron chi connectivity index (χ0n) is 18.2. The number of aliphatic hydroxyl groups excluding tert-OH is 1. The number of pyridine rings is 1. The third-order valence-corrected chi connectivity index (χ3v) is 5.27. The second-order valence-electron chi connectivity index (χ2n) is 7.78. The van der Waals surface area contributed by atoms with Gasteiger partial charge in [0.25, 0.3) is 0 Å². The number of nitrogens with zero attached hydrogens (tertiary/aromatic N) is 5. The summed E-state index contributed by atoms with van der Waals surface area (Å²) in [7, 11) is 0. The summed E-state index contributed by atoms with van der Waals surface area (Å²) in [5.74, 6) is 0.740. The number of hydrogen-bond acceptors (Lipinski definition) is 6. The fraction of sp³-hybridized carbons (Fsp3) is 0.250. The van der Waals surface area contributed by atoms with E-state index in [4.69, 9.17) is 0 Å². The van der Waals surface area contributed by atoms with Gasteiger partial charge in [0, 0.05) is 6.20 Å². The highest BCUT2D eigenvalue weighted by molar-refractivity contribution is 5.60. The van der Waals surface area contributed by atoms with Crippen LogP contribution in [0.25, 0.3) is 17.1 Å². The zero-order chi connectivity index (χ0) is 22.0. The minimum Gasteiger partial charge on any atom is -0.390 e. The van der Waals surface area contributed by atoms with Gasteiger partial charge in [-0.2, -0.15) is 0 Å². The van der Waals surface area contributed by atoms with Crippen LogP contribution in [0.15, 0.2) is 55.0 Å². The highest BCUT2D eigenvalue weighted by Crippen LogP contribution is 2.25. The van der Waals surface area contributed by atoms with Crippen LogP contribution in [0.5, 0.6) is 0 Å². The summed E-state index contributed by atoms with van der Waals surface area (Å²) in [6.45, 7) is 7.92. The quantitative estimate of drug-likeness (QED) is 0.489. The SMILES string of the molecule is Cc1ccc([C@H](C)Nc2nnc(-c3ccc(-n4cnc(C)c4)c(CO)n3)cc2C)cc1. The van der Waals surface area contributed by atoms with Crippen molar-refractivity contribution in [2.75, 3.05) is 5.32 Å². The van der Waals surface area contributed by atoms with Crippen LogP contribution in [-0.4, -0.2) is 29.8 Å². The number of rotatable bonds is 6. The Morgan fingerprint density at radius 3 is 2.42 bits per heavy atom. The lowest BCUT2D eigenvalue weighted by molar-refractivity contribution is 0.276. The highest BCUT2D eigenvalue weighted by Gasteiger charge is 2.13. The lowest BCUT2D eigenvalue weighted by atomic mass is 10.1. The Balaban J connectivity index is 1.58. The van der Waals surface area contributed by atoms with Crippen LogP contribution in [-0.2, 0) is 6.61 Å². The monoisotopic (exact) mass is 414 g/mol. The van der Waals surface area contributed by atoms with Gasteiger partial charge in [-0.05, 0) is 57.0 Å². The largest absolute Gasteiger partial charge is 0.390 e. The summed E-state index contributed by atoms with van der Waals surface area (Å²) in [5.41, 5.74) is 6.98. The molecule has 0 aliphatic carbocycles. The van der Waals surface area contributed by atoms with Crippen molar-refractivity contribution in [2.45, 2.75) is 40.3 Å². The molecule has 3 heterocycles. The summed E-state index contributed by atoms with van der Waals surface area (Å²) in [4.78, 5) is 8.86. The van der Waals surface area contributed by atoms with Crippen molar-refractivity contribution >= 4 is 5.82 Å². The first-order chi connectivity index (χ1) is 14.9. The second-order valence-corrected chi connectivity index (χ2v) is 7.78. The van der Waals surface area contributed by atoms with Crippen LogP contribution in [0.1, 0.15) is 41.0 Å². The standard InChI is InChI=1S/C24H26N6O/c1-15-5-7-19(8-6-15)18(4)26-24-16(2)11-21(28-29-24)20-9-10-23(22(13-31)27-20)30-12-17(3)25-14-30/h5-12,14,18,31H,13H2,1-4H3,(H,26,29)/t18-/m0/s1. The van der Waals surface area contributed by atoms with Crippen LogP contribution in [0, 0.1) is 20.8 Å². The van der Waals surface area contributed by atoms with Gasteiger partial charge < -0.3 is 15.0 Å². The van der Waals surface area contributed by atoms with Crippen molar-refractivity contribution in [2.24, 2.45) is 0 Å². The molecule has 0 bridgehead atoms. The van der Waals surface area contributed by atoms with Gasteiger partial charge in [-0.15, -0.1) is 10.2 Å². The van der Waals surface area contributed by atoms with Crippen molar-refractivity contribution in [1.29, 1.82) is 0 Å². The molecule has 31 heavy (non-hydrogen) atoms. The lowest BCUT2D eigenvalue weighted by Crippen LogP contribution is -2.10. The number of aryl methyl sites for hydroxylation is 3. The molecular formula is C24H26N6O. The first-order valence-corrected chi connectivity index (χ1v) is 10.2. The number of aliphatic hydroxyl groups is 1. The van der Waals surface area contributed by atoms with Crippen molar-refractivity contribution in [3.05, 3.63) is 83.1 Å². The predicted molar refractivity (Wildman–Crippen MR) is 121 cm³/mol. The molecule has 4 aromatic rings. The van der Waals surface area contributed by atoms with Crippen molar-refractivity contribution in [3.8, 4) is 17.1 Å². The van der Waals surface area contributed by atoms with Gasteiger partial charge in [-0.3, -0.25) is 0 Å². The number of anilines is 1.